The number of ether oxygens (including phenoxy) is 2. The van der Waals surface area contributed by atoms with Gasteiger partial charge in [0, 0.05) is 73.2 Å². The van der Waals surface area contributed by atoms with Crippen LogP contribution in [0.3, 0.4) is 0 Å². The molecule has 176 valence electrons. The van der Waals surface area contributed by atoms with E-state index in [0.29, 0.717) is 6.54 Å². The first kappa shape index (κ1) is 22.3. The van der Waals surface area contributed by atoms with Gasteiger partial charge < -0.3 is 14.4 Å². The molecular formula is C27H26N6O2. The zero-order chi connectivity index (χ0) is 24.2. The number of methoxy groups -OCH3 is 2. The monoisotopic (exact) mass is 466 g/mol. The predicted molar refractivity (Wildman–Crippen MR) is 136 cm³/mol. The van der Waals surface area contributed by atoms with Crippen molar-refractivity contribution < 1.29 is 9.47 Å². The summed E-state index contributed by atoms with van der Waals surface area (Å²) in [4.78, 5) is 16.2. The first-order valence-corrected chi connectivity index (χ1v) is 11.3. The number of anilines is 2. The first-order chi connectivity index (χ1) is 17.1. The van der Waals surface area contributed by atoms with Gasteiger partial charge in [-0.15, -0.1) is 0 Å². The molecule has 8 nitrogen and oxygen atoms in total. The van der Waals surface area contributed by atoms with Gasteiger partial charge in [-0.3, -0.25) is 14.6 Å². The van der Waals surface area contributed by atoms with Gasteiger partial charge in [0.25, 0.3) is 0 Å². The van der Waals surface area contributed by atoms with Crippen molar-refractivity contribution in [3.63, 3.8) is 0 Å². The number of nitrogens with zero attached hydrogens (tertiary/aromatic N) is 6. The van der Waals surface area contributed by atoms with Crippen molar-refractivity contribution in [2.75, 3.05) is 25.7 Å². The maximum Gasteiger partial charge on any atom is 0.124 e. The van der Waals surface area contributed by atoms with Crippen molar-refractivity contribution in [2.45, 2.75) is 6.42 Å². The molecule has 0 saturated carbocycles. The van der Waals surface area contributed by atoms with Crippen LogP contribution in [0.1, 0.15) is 5.69 Å². The molecule has 0 spiro atoms. The van der Waals surface area contributed by atoms with Crippen LogP contribution in [-0.2, 0) is 13.5 Å². The normalized spacial score (nSPS) is 10.9. The van der Waals surface area contributed by atoms with Crippen LogP contribution in [0.5, 0.6) is 11.5 Å². The maximum absolute atomic E-state index is 5.53. The number of aromatic nitrogens is 5. The second-order valence-corrected chi connectivity index (χ2v) is 8.12. The fourth-order valence-electron chi connectivity index (χ4n) is 3.99. The lowest BCUT2D eigenvalue weighted by Gasteiger charge is -2.26. The molecule has 0 amide bonds. The molecule has 5 aromatic rings. The number of aryl methyl sites for hydroxylation is 1. The van der Waals surface area contributed by atoms with Gasteiger partial charge >= 0.3 is 0 Å². The second-order valence-electron chi connectivity index (χ2n) is 8.12. The highest BCUT2D eigenvalue weighted by atomic mass is 16.5. The van der Waals surface area contributed by atoms with Crippen LogP contribution in [0.4, 0.5) is 11.4 Å². The molecule has 0 aliphatic carbocycles. The number of hydrogen-bond acceptors (Lipinski definition) is 7. The number of rotatable bonds is 8. The van der Waals surface area contributed by atoms with Crippen molar-refractivity contribution in [3.8, 4) is 22.8 Å². The minimum absolute atomic E-state index is 0.703. The molecular weight excluding hydrogens is 440 g/mol. The summed E-state index contributed by atoms with van der Waals surface area (Å²) in [6, 6.07) is 18.0. The summed E-state index contributed by atoms with van der Waals surface area (Å²) in [6.45, 7) is 0.703. The molecule has 3 heterocycles. The fourth-order valence-corrected chi connectivity index (χ4v) is 3.99. The molecule has 0 bridgehead atoms. The highest BCUT2D eigenvalue weighted by molar-refractivity contribution is 5.82. The summed E-state index contributed by atoms with van der Waals surface area (Å²) in [5.74, 6) is 1.45. The quantitative estimate of drug-likeness (QED) is 0.324. The van der Waals surface area contributed by atoms with E-state index in [0.717, 1.165) is 57.3 Å². The molecule has 8 heteroatoms. The Labute approximate surface area is 203 Å². The van der Waals surface area contributed by atoms with Crippen molar-refractivity contribution in [1.29, 1.82) is 0 Å². The van der Waals surface area contributed by atoms with E-state index < -0.39 is 0 Å². The zero-order valence-electron chi connectivity index (χ0n) is 19.9. The van der Waals surface area contributed by atoms with Gasteiger partial charge in [0.1, 0.15) is 11.5 Å². The Balaban J connectivity index is 1.57. The Kier molecular flexibility index (Phi) is 6.26. The summed E-state index contributed by atoms with van der Waals surface area (Å²) in [7, 11) is 5.20. The van der Waals surface area contributed by atoms with Gasteiger partial charge in [0.05, 0.1) is 43.3 Å². The van der Waals surface area contributed by atoms with E-state index in [4.69, 9.17) is 14.5 Å². The van der Waals surface area contributed by atoms with Gasteiger partial charge in [0.15, 0.2) is 0 Å². The minimum Gasteiger partial charge on any atom is -0.497 e. The van der Waals surface area contributed by atoms with E-state index in [2.05, 4.69) is 32.1 Å². The summed E-state index contributed by atoms with van der Waals surface area (Å²) in [5.41, 5.74) is 6.31. The van der Waals surface area contributed by atoms with E-state index in [1.54, 1.807) is 31.3 Å². The fraction of sp³-hybridized carbons (Fsp3) is 0.185. The number of benzene rings is 2. The summed E-state index contributed by atoms with van der Waals surface area (Å²) in [5, 5.41) is 4.26. The standard InChI is InChI=1S/C27H26N6O2/c1-32-18-19(16-30-32)27-17-29-25-8-7-21(14-26(25)31-27)33(11-9-20-6-4-5-10-28-20)22-12-23(34-2)15-24(13-22)35-3/h4-8,10,12-18H,9,11H2,1-3H3. The highest BCUT2D eigenvalue weighted by Gasteiger charge is 2.15. The van der Waals surface area contributed by atoms with Crippen LogP contribution in [0.25, 0.3) is 22.3 Å². The highest BCUT2D eigenvalue weighted by Crippen LogP contribution is 2.34. The zero-order valence-corrected chi connectivity index (χ0v) is 19.9. The average Bonchev–Trinajstić information content (AvgIpc) is 3.35. The largest absolute Gasteiger partial charge is 0.497 e. The van der Waals surface area contributed by atoms with E-state index in [1.807, 2.05) is 61.9 Å². The van der Waals surface area contributed by atoms with Gasteiger partial charge in [-0.1, -0.05) is 6.07 Å². The van der Waals surface area contributed by atoms with Crippen molar-refractivity contribution >= 4 is 22.4 Å². The van der Waals surface area contributed by atoms with Gasteiger partial charge in [-0.25, -0.2) is 4.98 Å². The summed E-state index contributed by atoms with van der Waals surface area (Å²) < 4.78 is 12.8. The number of pyridine rings is 1. The topological polar surface area (TPSA) is 78.2 Å². The molecule has 0 radical (unpaired) electrons. The molecule has 5 rings (SSSR count). The van der Waals surface area contributed by atoms with Crippen LogP contribution < -0.4 is 14.4 Å². The third-order valence-electron chi connectivity index (χ3n) is 5.80. The molecule has 0 aliphatic rings. The molecule has 0 fully saturated rings. The lowest BCUT2D eigenvalue weighted by molar-refractivity contribution is 0.394. The van der Waals surface area contributed by atoms with Crippen molar-refractivity contribution in [2.24, 2.45) is 7.05 Å². The Morgan fingerprint density at radius 1 is 0.857 bits per heavy atom. The molecule has 0 saturated heterocycles. The van der Waals surface area contributed by atoms with Gasteiger partial charge in [-0.05, 0) is 30.3 Å². The summed E-state index contributed by atoms with van der Waals surface area (Å²) in [6.07, 6.45) is 8.09. The number of hydrogen-bond donors (Lipinski definition) is 0. The molecule has 2 aromatic carbocycles. The van der Waals surface area contributed by atoms with Crippen LogP contribution >= 0.6 is 0 Å². The van der Waals surface area contributed by atoms with Crippen LogP contribution in [0.2, 0.25) is 0 Å². The van der Waals surface area contributed by atoms with Gasteiger partial charge in [-0.2, -0.15) is 5.10 Å². The summed E-state index contributed by atoms with van der Waals surface area (Å²) >= 11 is 0. The molecule has 3 aromatic heterocycles. The maximum atomic E-state index is 5.53. The Morgan fingerprint density at radius 2 is 1.69 bits per heavy atom. The SMILES string of the molecule is COc1cc(OC)cc(N(CCc2ccccn2)c2ccc3ncc(-c4cnn(C)c4)nc3c2)c1. The molecule has 35 heavy (non-hydrogen) atoms. The first-order valence-electron chi connectivity index (χ1n) is 11.3. The Morgan fingerprint density at radius 3 is 2.37 bits per heavy atom. The van der Waals surface area contributed by atoms with E-state index in [1.165, 1.54) is 0 Å². The lowest BCUT2D eigenvalue weighted by atomic mass is 10.1. The van der Waals surface area contributed by atoms with E-state index in [9.17, 15) is 0 Å². The van der Waals surface area contributed by atoms with E-state index in [-0.39, 0.29) is 0 Å². The van der Waals surface area contributed by atoms with Gasteiger partial charge in [0.2, 0.25) is 0 Å². The molecule has 0 N–H and O–H groups in total. The van der Waals surface area contributed by atoms with Crippen molar-refractivity contribution in [3.05, 3.63) is 85.1 Å². The number of fused-ring (bicyclic) bond motifs is 1. The molecule has 0 atom stereocenters. The van der Waals surface area contributed by atoms with Crippen LogP contribution in [0, 0.1) is 0 Å². The molecule has 0 unspecified atom stereocenters. The third-order valence-corrected chi connectivity index (χ3v) is 5.80. The van der Waals surface area contributed by atoms with Crippen LogP contribution in [0.15, 0.2) is 79.4 Å². The smallest absolute Gasteiger partial charge is 0.124 e. The Bertz CT molecular complexity index is 1430. The average molecular weight is 467 g/mol. The lowest BCUT2D eigenvalue weighted by Crippen LogP contribution is -2.20. The van der Waals surface area contributed by atoms with Crippen molar-refractivity contribution in [1.82, 2.24) is 24.7 Å². The minimum atomic E-state index is 0.703. The predicted octanol–water partition coefficient (Wildman–Crippen LogP) is 4.82. The van der Waals surface area contributed by atoms with Crippen LogP contribution in [-0.4, -0.2) is 45.5 Å². The third kappa shape index (κ3) is 4.91. The second kappa shape index (κ2) is 9.80. The van der Waals surface area contributed by atoms with E-state index >= 15 is 0 Å². The molecule has 0 aliphatic heterocycles. The Hall–Kier alpha value is -4.46.